The number of amides is 1. The number of methoxy groups -OCH3 is 2. The number of hydrogen-bond acceptors (Lipinski definition) is 7. The predicted molar refractivity (Wildman–Crippen MR) is 114 cm³/mol. The summed E-state index contributed by atoms with van der Waals surface area (Å²) >= 11 is 13.6. The van der Waals surface area contributed by atoms with Crippen LogP contribution in [-0.2, 0) is 15.3 Å². The van der Waals surface area contributed by atoms with Gasteiger partial charge in [-0.25, -0.2) is 10.2 Å². The molecule has 1 amide bonds. The Morgan fingerprint density at radius 2 is 1.86 bits per heavy atom. The van der Waals surface area contributed by atoms with Crippen LogP contribution in [0.15, 0.2) is 41.5 Å². The summed E-state index contributed by atoms with van der Waals surface area (Å²) in [6.07, 6.45) is 0.588. The highest BCUT2D eigenvalue weighted by Gasteiger charge is 2.10. The van der Waals surface area contributed by atoms with Crippen molar-refractivity contribution in [2.24, 2.45) is 5.10 Å². The molecule has 0 aliphatic rings. The molecular weight excluding hydrogens is 439 g/mol. The van der Waals surface area contributed by atoms with Gasteiger partial charge in [0.2, 0.25) is 5.91 Å². The van der Waals surface area contributed by atoms with Crippen LogP contribution in [0.25, 0.3) is 0 Å². The molecule has 0 aromatic heterocycles. The van der Waals surface area contributed by atoms with Gasteiger partial charge >= 0.3 is 6.16 Å². The maximum Gasteiger partial charge on any atom is 0.513 e. The lowest BCUT2D eigenvalue weighted by atomic mass is 10.2. The highest BCUT2D eigenvalue weighted by Crippen LogP contribution is 2.29. The minimum atomic E-state index is -0.854. The second-order valence-electron chi connectivity index (χ2n) is 5.45. The number of carbonyl (C=O) groups excluding carboxylic acids is 2. The molecule has 0 atom stereocenters. The fourth-order valence-corrected chi connectivity index (χ4v) is 3.66. The first kappa shape index (κ1) is 22.9. The molecule has 2 aromatic rings. The Balaban J connectivity index is 1.85. The Labute approximate surface area is 182 Å². The first-order valence-electron chi connectivity index (χ1n) is 8.21. The van der Waals surface area contributed by atoms with Gasteiger partial charge in [-0.15, -0.1) is 11.8 Å². The van der Waals surface area contributed by atoms with E-state index in [1.807, 2.05) is 0 Å². The van der Waals surface area contributed by atoms with Crippen LogP contribution in [0.2, 0.25) is 10.0 Å². The van der Waals surface area contributed by atoms with Gasteiger partial charge in [0.05, 0.1) is 26.2 Å². The minimum Gasteiger partial charge on any atom is -0.493 e. The van der Waals surface area contributed by atoms with E-state index in [-0.39, 0.29) is 17.4 Å². The number of hydrazone groups is 1. The van der Waals surface area contributed by atoms with Crippen molar-refractivity contribution in [3.8, 4) is 11.5 Å². The standard InChI is InChI=1S/C19H18Cl2N2O5S/c1-26-17-8-12(6-7-16(17)28-19(25)27-2)9-22-23-18(24)11-29-10-13-14(20)4-3-5-15(13)21/h3-9H,10-11H2,1-2H3,(H,23,24)/b22-9-. The summed E-state index contributed by atoms with van der Waals surface area (Å²) in [5.74, 6) is 0.947. The summed E-state index contributed by atoms with van der Waals surface area (Å²) in [5, 5.41) is 5.04. The van der Waals surface area contributed by atoms with Crippen molar-refractivity contribution >= 4 is 53.2 Å². The number of nitrogens with zero attached hydrogens (tertiary/aromatic N) is 1. The number of carbonyl (C=O) groups is 2. The van der Waals surface area contributed by atoms with E-state index in [0.717, 1.165) is 5.56 Å². The second-order valence-corrected chi connectivity index (χ2v) is 7.25. The molecule has 2 aromatic carbocycles. The van der Waals surface area contributed by atoms with Gasteiger partial charge in [-0.2, -0.15) is 5.10 Å². The van der Waals surface area contributed by atoms with Gasteiger partial charge in [0.15, 0.2) is 11.5 Å². The number of hydrogen-bond donors (Lipinski definition) is 1. The Bertz CT molecular complexity index is 888. The number of rotatable bonds is 8. The predicted octanol–water partition coefficient (Wildman–Crippen LogP) is 4.53. The topological polar surface area (TPSA) is 86.2 Å². The van der Waals surface area contributed by atoms with Gasteiger partial charge in [0, 0.05) is 15.8 Å². The fourth-order valence-electron chi connectivity index (χ4n) is 2.11. The lowest BCUT2D eigenvalue weighted by Crippen LogP contribution is -2.19. The van der Waals surface area contributed by atoms with Crippen LogP contribution < -0.4 is 14.9 Å². The van der Waals surface area contributed by atoms with Gasteiger partial charge < -0.3 is 14.2 Å². The molecule has 0 saturated heterocycles. The fraction of sp³-hybridized carbons (Fsp3) is 0.211. The van der Waals surface area contributed by atoms with Crippen molar-refractivity contribution in [3.63, 3.8) is 0 Å². The molecule has 1 N–H and O–H groups in total. The molecule has 0 saturated carbocycles. The van der Waals surface area contributed by atoms with E-state index in [0.29, 0.717) is 27.1 Å². The van der Waals surface area contributed by atoms with E-state index in [1.54, 1.807) is 30.3 Å². The largest absolute Gasteiger partial charge is 0.513 e. The minimum absolute atomic E-state index is 0.189. The number of ether oxygens (including phenoxy) is 3. The van der Waals surface area contributed by atoms with Crippen molar-refractivity contribution in [1.82, 2.24) is 5.43 Å². The summed E-state index contributed by atoms with van der Waals surface area (Å²) in [7, 11) is 2.64. The molecule has 0 fully saturated rings. The number of benzene rings is 2. The smallest absolute Gasteiger partial charge is 0.493 e. The quantitative estimate of drug-likeness (QED) is 0.271. The average Bonchev–Trinajstić information content (AvgIpc) is 2.71. The molecule has 2 rings (SSSR count). The van der Waals surface area contributed by atoms with Crippen LogP contribution in [0.3, 0.4) is 0 Å². The third kappa shape index (κ3) is 7.16. The molecule has 0 unspecified atom stereocenters. The lowest BCUT2D eigenvalue weighted by molar-refractivity contribution is -0.118. The zero-order chi connectivity index (χ0) is 21.2. The van der Waals surface area contributed by atoms with Crippen LogP contribution in [0.4, 0.5) is 4.79 Å². The van der Waals surface area contributed by atoms with Gasteiger partial charge in [0.25, 0.3) is 0 Å². The Kier molecular flexibility index (Phi) is 9.11. The zero-order valence-corrected chi connectivity index (χ0v) is 17.9. The molecule has 154 valence electrons. The molecule has 0 radical (unpaired) electrons. The van der Waals surface area contributed by atoms with Crippen LogP contribution in [0.5, 0.6) is 11.5 Å². The highest BCUT2D eigenvalue weighted by molar-refractivity contribution is 7.99. The first-order chi connectivity index (χ1) is 13.9. The SMILES string of the molecule is COC(=O)Oc1ccc(/C=N\NC(=O)CSCc2c(Cl)cccc2Cl)cc1OC. The maximum absolute atomic E-state index is 11.9. The van der Waals surface area contributed by atoms with Gasteiger partial charge in [-0.3, -0.25) is 4.79 Å². The zero-order valence-electron chi connectivity index (χ0n) is 15.6. The van der Waals surface area contributed by atoms with Crippen molar-refractivity contribution < 1.29 is 23.8 Å². The molecule has 7 nitrogen and oxygen atoms in total. The lowest BCUT2D eigenvalue weighted by Gasteiger charge is -2.08. The van der Waals surface area contributed by atoms with Crippen molar-refractivity contribution in [2.45, 2.75) is 5.75 Å². The summed E-state index contributed by atoms with van der Waals surface area (Å²) < 4.78 is 14.6. The number of halogens is 2. The molecule has 0 aliphatic heterocycles. The van der Waals surface area contributed by atoms with Gasteiger partial charge in [0.1, 0.15) is 0 Å². The van der Waals surface area contributed by atoms with E-state index >= 15 is 0 Å². The van der Waals surface area contributed by atoms with Crippen LogP contribution in [0, 0.1) is 0 Å². The third-order valence-electron chi connectivity index (χ3n) is 3.49. The van der Waals surface area contributed by atoms with Gasteiger partial charge in [-0.05, 0) is 41.5 Å². The molecule has 10 heteroatoms. The van der Waals surface area contributed by atoms with E-state index in [4.69, 9.17) is 32.7 Å². The Hall–Kier alpha value is -2.42. The maximum atomic E-state index is 11.9. The molecule has 0 bridgehead atoms. The van der Waals surface area contributed by atoms with Gasteiger partial charge in [-0.1, -0.05) is 29.3 Å². The van der Waals surface area contributed by atoms with E-state index in [9.17, 15) is 9.59 Å². The van der Waals surface area contributed by atoms with Crippen molar-refractivity contribution in [3.05, 3.63) is 57.6 Å². The summed E-state index contributed by atoms with van der Waals surface area (Å²) in [4.78, 5) is 23.1. The number of thioether (sulfide) groups is 1. The van der Waals surface area contributed by atoms with Crippen LogP contribution in [-0.4, -0.2) is 38.2 Å². The normalized spacial score (nSPS) is 10.6. The second kappa shape index (κ2) is 11.5. The molecular formula is C19H18Cl2N2O5S. The molecule has 0 heterocycles. The summed E-state index contributed by atoms with van der Waals surface area (Å²) in [6, 6.07) is 10.0. The van der Waals surface area contributed by atoms with E-state index in [1.165, 1.54) is 38.3 Å². The van der Waals surface area contributed by atoms with E-state index in [2.05, 4.69) is 15.3 Å². The average molecular weight is 457 g/mol. The Morgan fingerprint density at radius 1 is 1.14 bits per heavy atom. The first-order valence-corrected chi connectivity index (χ1v) is 10.1. The monoisotopic (exact) mass is 456 g/mol. The molecule has 29 heavy (non-hydrogen) atoms. The van der Waals surface area contributed by atoms with Crippen molar-refractivity contribution in [2.75, 3.05) is 20.0 Å². The summed E-state index contributed by atoms with van der Waals surface area (Å²) in [6.45, 7) is 0. The number of nitrogens with one attached hydrogen (secondary N) is 1. The van der Waals surface area contributed by atoms with E-state index < -0.39 is 6.16 Å². The van der Waals surface area contributed by atoms with Crippen LogP contribution in [0.1, 0.15) is 11.1 Å². The third-order valence-corrected chi connectivity index (χ3v) is 5.16. The van der Waals surface area contributed by atoms with Crippen LogP contribution >= 0.6 is 35.0 Å². The highest BCUT2D eigenvalue weighted by atomic mass is 35.5. The Morgan fingerprint density at radius 3 is 2.52 bits per heavy atom. The molecule has 0 aliphatic carbocycles. The van der Waals surface area contributed by atoms with Crippen molar-refractivity contribution in [1.29, 1.82) is 0 Å². The molecule has 0 spiro atoms. The summed E-state index contributed by atoms with van der Waals surface area (Å²) in [5.41, 5.74) is 3.86.